The number of hydrogen-bond acceptors (Lipinski definition) is 3. The molecule has 0 saturated carbocycles. The fourth-order valence-electron chi connectivity index (χ4n) is 2.38. The van der Waals surface area contributed by atoms with Crippen molar-refractivity contribution in [3.8, 4) is 0 Å². The normalized spacial score (nSPS) is 11.2. The predicted octanol–water partition coefficient (Wildman–Crippen LogP) is 4.65. The molecular weight excluding hydrogens is 320 g/mol. The first kappa shape index (κ1) is 18.3. The van der Waals surface area contributed by atoms with E-state index < -0.39 is 10.0 Å². The Morgan fingerprint density at radius 2 is 1.46 bits per heavy atom. The van der Waals surface area contributed by atoms with E-state index in [4.69, 9.17) is 0 Å². The maximum Gasteiger partial charge on any atom is 0.261 e. The van der Waals surface area contributed by atoms with Crippen molar-refractivity contribution < 1.29 is 8.42 Å². The van der Waals surface area contributed by atoms with Crippen LogP contribution in [-0.2, 0) is 16.4 Å². The molecular formula is C19H26N2O2S. The van der Waals surface area contributed by atoms with Gasteiger partial charge in [0.2, 0.25) is 0 Å². The van der Waals surface area contributed by atoms with Crippen molar-refractivity contribution in [2.45, 2.75) is 44.4 Å². The molecule has 2 rings (SSSR count). The maximum atomic E-state index is 12.4. The molecule has 4 nitrogen and oxygen atoms in total. The van der Waals surface area contributed by atoms with Gasteiger partial charge in [-0.2, -0.15) is 0 Å². The zero-order valence-electron chi connectivity index (χ0n) is 14.4. The van der Waals surface area contributed by atoms with E-state index in [2.05, 4.69) is 17.0 Å². The van der Waals surface area contributed by atoms with Crippen molar-refractivity contribution in [3.05, 3.63) is 54.1 Å². The minimum atomic E-state index is -3.55. The Morgan fingerprint density at radius 1 is 0.833 bits per heavy atom. The summed E-state index contributed by atoms with van der Waals surface area (Å²) < 4.78 is 27.4. The van der Waals surface area contributed by atoms with Crippen LogP contribution in [0.4, 0.5) is 11.4 Å². The van der Waals surface area contributed by atoms with Gasteiger partial charge in [0.25, 0.3) is 10.0 Å². The van der Waals surface area contributed by atoms with Gasteiger partial charge in [-0.15, -0.1) is 0 Å². The SMILES string of the molecule is CCCCCNc1ccc(NS(=O)(=O)c2ccc(CC)cc2)cc1. The number of sulfonamides is 1. The molecule has 2 N–H and O–H groups in total. The summed E-state index contributed by atoms with van der Waals surface area (Å²) in [6, 6.07) is 14.3. The van der Waals surface area contributed by atoms with Crippen molar-refractivity contribution in [1.82, 2.24) is 0 Å². The van der Waals surface area contributed by atoms with Crippen LogP contribution in [0, 0.1) is 0 Å². The lowest BCUT2D eigenvalue weighted by atomic mass is 10.2. The van der Waals surface area contributed by atoms with E-state index in [9.17, 15) is 8.42 Å². The predicted molar refractivity (Wildman–Crippen MR) is 101 cm³/mol. The smallest absolute Gasteiger partial charge is 0.261 e. The molecule has 0 aliphatic rings. The van der Waals surface area contributed by atoms with Crippen molar-refractivity contribution in [1.29, 1.82) is 0 Å². The van der Waals surface area contributed by atoms with E-state index >= 15 is 0 Å². The van der Waals surface area contributed by atoms with Gasteiger partial charge in [0.15, 0.2) is 0 Å². The summed E-state index contributed by atoms with van der Waals surface area (Å²) in [5.41, 5.74) is 2.68. The standard InChI is InChI=1S/C19H26N2O2S/c1-3-5-6-15-20-17-9-11-18(12-10-17)21-24(22,23)19-13-7-16(4-2)8-14-19/h7-14,20-21H,3-6,15H2,1-2H3. The van der Waals surface area contributed by atoms with Crippen LogP contribution in [-0.4, -0.2) is 15.0 Å². The number of aryl methyl sites for hydroxylation is 1. The fourth-order valence-corrected chi connectivity index (χ4v) is 3.44. The van der Waals surface area contributed by atoms with Crippen molar-refractivity contribution >= 4 is 21.4 Å². The molecule has 0 radical (unpaired) electrons. The second kappa shape index (κ2) is 8.73. The number of anilines is 2. The zero-order valence-corrected chi connectivity index (χ0v) is 15.2. The summed E-state index contributed by atoms with van der Waals surface area (Å²) in [7, 11) is -3.55. The van der Waals surface area contributed by atoms with Crippen LogP contribution in [0.5, 0.6) is 0 Å². The highest BCUT2D eigenvalue weighted by Gasteiger charge is 2.13. The lowest BCUT2D eigenvalue weighted by Gasteiger charge is -2.10. The molecule has 0 saturated heterocycles. The quantitative estimate of drug-likeness (QED) is 0.650. The van der Waals surface area contributed by atoms with E-state index in [-0.39, 0.29) is 4.90 Å². The average molecular weight is 346 g/mol. The molecule has 0 unspecified atom stereocenters. The van der Waals surface area contributed by atoms with Gasteiger partial charge in [0.05, 0.1) is 4.90 Å². The summed E-state index contributed by atoms with van der Waals surface area (Å²) in [4.78, 5) is 0.279. The van der Waals surface area contributed by atoms with E-state index in [1.165, 1.54) is 12.8 Å². The van der Waals surface area contributed by atoms with Crippen LogP contribution in [0.2, 0.25) is 0 Å². The molecule has 24 heavy (non-hydrogen) atoms. The molecule has 0 aliphatic carbocycles. The number of benzene rings is 2. The third-order valence-corrected chi connectivity index (χ3v) is 5.29. The summed E-state index contributed by atoms with van der Waals surface area (Å²) in [5, 5.41) is 3.34. The Morgan fingerprint density at radius 3 is 2.04 bits per heavy atom. The zero-order chi connectivity index (χ0) is 17.4. The number of unbranched alkanes of at least 4 members (excludes halogenated alkanes) is 2. The first-order valence-corrected chi connectivity index (χ1v) is 9.99. The molecule has 0 aliphatic heterocycles. The van der Waals surface area contributed by atoms with Crippen molar-refractivity contribution in [3.63, 3.8) is 0 Å². The highest BCUT2D eigenvalue weighted by atomic mass is 32.2. The molecule has 5 heteroatoms. The Bertz CT molecular complexity index is 723. The monoisotopic (exact) mass is 346 g/mol. The summed E-state index contributed by atoms with van der Waals surface area (Å²) >= 11 is 0. The van der Waals surface area contributed by atoms with Crippen LogP contribution in [0.15, 0.2) is 53.4 Å². The average Bonchev–Trinajstić information content (AvgIpc) is 2.60. The second-order valence-corrected chi connectivity index (χ2v) is 7.50. The largest absolute Gasteiger partial charge is 0.385 e. The Balaban J connectivity index is 1.98. The molecule has 0 heterocycles. The highest BCUT2D eigenvalue weighted by Crippen LogP contribution is 2.19. The first-order valence-electron chi connectivity index (χ1n) is 8.51. The van der Waals surface area contributed by atoms with Gasteiger partial charge in [0.1, 0.15) is 0 Å². The van der Waals surface area contributed by atoms with Gasteiger partial charge in [0, 0.05) is 17.9 Å². The van der Waals surface area contributed by atoms with E-state index in [1.54, 1.807) is 24.3 Å². The van der Waals surface area contributed by atoms with Gasteiger partial charge >= 0.3 is 0 Å². The van der Waals surface area contributed by atoms with Crippen LogP contribution in [0.25, 0.3) is 0 Å². The minimum Gasteiger partial charge on any atom is -0.385 e. The second-order valence-electron chi connectivity index (χ2n) is 5.81. The number of hydrogen-bond donors (Lipinski definition) is 2. The molecule has 130 valence electrons. The van der Waals surface area contributed by atoms with Gasteiger partial charge in [-0.1, -0.05) is 38.8 Å². The Hall–Kier alpha value is -2.01. The topological polar surface area (TPSA) is 58.2 Å². The molecule has 0 amide bonds. The van der Waals surface area contributed by atoms with Crippen LogP contribution < -0.4 is 10.0 Å². The molecule has 2 aromatic rings. The number of rotatable bonds is 9. The molecule has 0 atom stereocenters. The molecule has 0 fully saturated rings. The molecule has 0 aromatic heterocycles. The third kappa shape index (κ3) is 5.27. The number of nitrogens with one attached hydrogen (secondary N) is 2. The minimum absolute atomic E-state index is 0.279. The fraction of sp³-hybridized carbons (Fsp3) is 0.368. The van der Waals surface area contributed by atoms with Gasteiger partial charge in [-0.05, 0) is 54.8 Å². The third-order valence-electron chi connectivity index (χ3n) is 3.89. The van der Waals surface area contributed by atoms with Gasteiger partial charge < -0.3 is 5.32 Å². The van der Waals surface area contributed by atoms with Crippen LogP contribution >= 0.6 is 0 Å². The first-order chi connectivity index (χ1) is 11.5. The van der Waals surface area contributed by atoms with Gasteiger partial charge in [-0.25, -0.2) is 8.42 Å². The molecule has 0 bridgehead atoms. The summed E-state index contributed by atoms with van der Waals surface area (Å²) in [5.74, 6) is 0. The lowest BCUT2D eigenvalue weighted by Crippen LogP contribution is -2.13. The van der Waals surface area contributed by atoms with Gasteiger partial charge in [-0.3, -0.25) is 4.72 Å². The molecule has 0 spiro atoms. The Labute approximate surface area is 145 Å². The van der Waals surface area contributed by atoms with Crippen molar-refractivity contribution in [2.24, 2.45) is 0 Å². The molecule has 2 aromatic carbocycles. The van der Waals surface area contributed by atoms with Crippen LogP contribution in [0.3, 0.4) is 0 Å². The highest BCUT2D eigenvalue weighted by molar-refractivity contribution is 7.92. The van der Waals surface area contributed by atoms with E-state index in [1.807, 2.05) is 31.2 Å². The Kier molecular flexibility index (Phi) is 6.67. The summed E-state index contributed by atoms with van der Waals surface area (Å²) in [6.45, 7) is 5.15. The van der Waals surface area contributed by atoms with E-state index in [0.29, 0.717) is 5.69 Å². The summed E-state index contributed by atoms with van der Waals surface area (Å²) in [6.07, 6.45) is 4.43. The maximum absolute atomic E-state index is 12.4. The van der Waals surface area contributed by atoms with E-state index in [0.717, 1.165) is 30.6 Å². The van der Waals surface area contributed by atoms with Crippen molar-refractivity contribution in [2.75, 3.05) is 16.6 Å². The lowest BCUT2D eigenvalue weighted by molar-refractivity contribution is 0.601. The van der Waals surface area contributed by atoms with Crippen LogP contribution in [0.1, 0.15) is 38.7 Å².